The van der Waals surface area contributed by atoms with Gasteiger partial charge in [-0.25, -0.2) is 8.42 Å². The molecule has 6 heteroatoms. The van der Waals surface area contributed by atoms with E-state index in [1.807, 2.05) is 30.3 Å². The van der Waals surface area contributed by atoms with Crippen LogP contribution < -0.4 is 10.3 Å². The van der Waals surface area contributed by atoms with Gasteiger partial charge < -0.3 is 0 Å². The van der Waals surface area contributed by atoms with Crippen molar-refractivity contribution in [1.82, 2.24) is 10.3 Å². The molecule has 1 aliphatic heterocycles. The summed E-state index contributed by atoms with van der Waals surface area (Å²) >= 11 is 0. The normalized spacial score (nSPS) is 18.3. The molecule has 0 amide bonds. The lowest BCUT2D eigenvalue weighted by Gasteiger charge is -2.20. The average molecular weight is 287 g/mol. The first-order valence-electron chi connectivity index (χ1n) is 6.12. The lowest BCUT2D eigenvalue weighted by molar-refractivity contribution is 0.573. The third-order valence-electron chi connectivity index (χ3n) is 3.00. The van der Waals surface area contributed by atoms with Crippen LogP contribution in [0.1, 0.15) is 11.1 Å². The Morgan fingerprint density at radius 1 is 0.950 bits per heavy atom. The average Bonchev–Trinajstić information content (AvgIpc) is 2.48. The third kappa shape index (κ3) is 2.43. The van der Waals surface area contributed by atoms with Gasteiger partial charge in [0, 0.05) is 5.56 Å². The van der Waals surface area contributed by atoms with Crippen molar-refractivity contribution in [3.05, 3.63) is 65.7 Å². The first-order chi connectivity index (χ1) is 9.67. The van der Waals surface area contributed by atoms with Crippen LogP contribution in [0.2, 0.25) is 0 Å². The van der Waals surface area contributed by atoms with Crippen LogP contribution in [0.5, 0.6) is 0 Å². The van der Waals surface area contributed by atoms with E-state index in [-0.39, 0.29) is 4.90 Å². The van der Waals surface area contributed by atoms with Crippen LogP contribution in [-0.4, -0.2) is 14.3 Å². The van der Waals surface area contributed by atoms with Crippen LogP contribution >= 0.6 is 0 Å². The smallest absolute Gasteiger partial charge is 0.258 e. The fourth-order valence-corrected chi connectivity index (χ4v) is 3.07. The first-order valence-corrected chi connectivity index (χ1v) is 7.61. The largest absolute Gasteiger partial charge is 0.292 e. The Labute approximate surface area is 117 Å². The summed E-state index contributed by atoms with van der Waals surface area (Å²) in [5.41, 5.74) is 4.30. The van der Waals surface area contributed by atoms with Crippen molar-refractivity contribution in [3.63, 3.8) is 0 Å². The van der Waals surface area contributed by atoms with Crippen LogP contribution in [0, 0.1) is 0 Å². The van der Waals surface area contributed by atoms with Gasteiger partial charge in [-0.15, -0.1) is 4.83 Å². The minimum atomic E-state index is -3.50. The number of fused-ring (bicyclic) bond motifs is 1. The van der Waals surface area contributed by atoms with Crippen molar-refractivity contribution in [1.29, 1.82) is 0 Å². The van der Waals surface area contributed by atoms with Crippen molar-refractivity contribution < 1.29 is 8.42 Å². The van der Waals surface area contributed by atoms with Gasteiger partial charge in [0.25, 0.3) is 10.0 Å². The summed E-state index contributed by atoms with van der Waals surface area (Å²) in [6.45, 7) is 0.485. The molecule has 2 aromatic rings. The minimum Gasteiger partial charge on any atom is -0.292 e. The molecule has 2 N–H and O–H groups in total. The maximum absolute atomic E-state index is 11.9. The van der Waals surface area contributed by atoms with Crippen molar-refractivity contribution in [2.24, 2.45) is 4.99 Å². The summed E-state index contributed by atoms with van der Waals surface area (Å²) < 4.78 is 23.7. The Bertz CT molecular complexity index is 755. The summed E-state index contributed by atoms with van der Waals surface area (Å²) in [4.78, 5) is 6.97. The van der Waals surface area contributed by atoms with Gasteiger partial charge in [0.2, 0.25) is 0 Å². The van der Waals surface area contributed by atoms with Gasteiger partial charge in [-0.05, 0) is 17.7 Å². The second-order valence-corrected chi connectivity index (χ2v) is 6.03. The fourth-order valence-electron chi connectivity index (χ4n) is 2.01. The quantitative estimate of drug-likeness (QED) is 0.878. The van der Waals surface area contributed by atoms with E-state index < -0.39 is 10.0 Å². The van der Waals surface area contributed by atoms with E-state index in [1.54, 1.807) is 24.3 Å². The molecule has 0 bridgehead atoms. The molecule has 20 heavy (non-hydrogen) atoms. The van der Waals surface area contributed by atoms with Gasteiger partial charge in [-0.3, -0.25) is 10.4 Å². The number of hydrogen-bond donors (Lipinski definition) is 2. The number of amidine groups is 1. The predicted molar refractivity (Wildman–Crippen MR) is 76.6 cm³/mol. The zero-order valence-corrected chi connectivity index (χ0v) is 11.4. The van der Waals surface area contributed by atoms with Crippen molar-refractivity contribution >= 4 is 15.9 Å². The molecule has 0 aliphatic carbocycles. The number of nitrogens with one attached hydrogen (secondary N) is 2. The van der Waals surface area contributed by atoms with E-state index >= 15 is 0 Å². The van der Waals surface area contributed by atoms with Gasteiger partial charge in [0.15, 0.2) is 0 Å². The zero-order valence-electron chi connectivity index (χ0n) is 10.6. The van der Waals surface area contributed by atoms with Crippen molar-refractivity contribution in [2.75, 3.05) is 0 Å². The van der Waals surface area contributed by atoms with Crippen LogP contribution in [0.15, 0.2) is 64.5 Å². The molecular formula is C14H13N3O2S. The molecule has 1 heterocycles. The third-order valence-corrected chi connectivity index (χ3v) is 4.30. The fraction of sp³-hybridized carbons (Fsp3) is 0.0714. The lowest BCUT2D eigenvalue weighted by Crippen LogP contribution is -2.47. The van der Waals surface area contributed by atoms with Crippen LogP contribution in [-0.2, 0) is 16.6 Å². The van der Waals surface area contributed by atoms with Crippen molar-refractivity contribution in [3.8, 4) is 0 Å². The van der Waals surface area contributed by atoms with Gasteiger partial charge in [-0.2, -0.15) is 0 Å². The predicted octanol–water partition coefficient (Wildman–Crippen LogP) is 1.43. The van der Waals surface area contributed by atoms with Crippen molar-refractivity contribution in [2.45, 2.75) is 11.4 Å². The maximum atomic E-state index is 11.9. The molecule has 0 atom stereocenters. The van der Waals surface area contributed by atoms with E-state index in [1.165, 1.54) is 0 Å². The highest BCUT2D eigenvalue weighted by Crippen LogP contribution is 2.18. The van der Waals surface area contributed by atoms with E-state index in [9.17, 15) is 8.42 Å². The highest BCUT2D eigenvalue weighted by atomic mass is 32.2. The number of benzene rings is 2. The Kier molecular flexibility index (Phi) is 3.25. The second-order valence-electron chi connectivity index (χ2n) is 4.38. The Morgan fingerprint density at radius 2 is 1.65 bits per heavy atom. The van der Waals surface area contributed by atoms with Gasteiger partial charge in [0.05, 0.1) is 11.4 Å². The van der Waals surface area contributed by atoms with E-state index in [4.69, 9.17) is 0 Å². The molecule has 1 aliphatic rings. The standard InChI is InChI=1S/C14H13N3O2S/c18-20(19)13-9-5-4-8-12(13)14(16-17-20)15-10-11-6-2-1-3-7-11/h1-9,17H,10H2,(H,15,16). The Hall–Kier alpha value is -2.18. The Morgan fingerprint density at radius 3 is 2.45 bits per heavy atom. The van der Waals surface area contributed by atoms with Gasteiger partial charge in [-0.1, -0.05) is 42.5 Å². The molecule has 2 aromatic carbocycles. The molecule has 0 radical (unpaired) electrons. The summed E-state index contributed by atoms with van der Waals surface area (Å²) in [6.07, 6.45) is 0. The molecular weight excluding hydrogens is 274 g/mol. The highest BCUT2D eigenvalue weighted by molar-refractivity contribution is 7.89. The molecule has 0 fully saturated rings. The molecule has 0 saturated carbocycles. The van der Waals surface area contributed by atoms with E-state index in [2.05, 4.69) is 15.2 Å². The summed E-state index contributed by atoms with van der Waals surface area (Å²) in [5.74, 6) is 0.527. The number of aliphatic imine (C=N–C) groups is 1. The minimum absolute atomic E-state index is 0.241. The Balaban J connectivity index is 1.96. The number of sulfonamides is 1. The van der Waals surface area contributed by atoms with Crippen LogP contribution in [0.4, 0.5) is 0 Å². The van der Waals surface area contributed by atoms with Crippen LogP contribution in [0.3, 0.4) is 0 Å². The van der Waals surface area contributed by atoms with E-state index in [0.717, 1.165) is 5.56 Å². The second kappa shape index (κ2) is 5.07. The topological polar surface area (TPSA) is 70.6 Å². The van der Waals surface area contributed by atoms with E-state index in [0.29, 0.717) is 17.9 Å². The zero-order chi connectivity index (χ0) is 14.0. The molecule has 0 spiro atoms. The number of rotatable bonds is 2. The molecule has 102 valence electrons. The SMILES string of the molecule is O=S1(=O)NNC(=NCc2ccccc2)c2ccccc21. The number of hydrazine groups is 1. The van der Waals surface area contributed by atoms with Gasteiger partial charge >= 0.3 is 0 Å². The summed E-state index contributed by atoms with van der Waals surface area (Å²) in [6, 6.07) is 16.6. The first kappa shape index (κ1) is 12.8. The summed E-state index contributed by atoms with van der Waals surface area (Å²) in [7, 11) is -3.50. The summed E-state index contributed by atoms with van der Waals surface area (Å²) in [5, 5.41) is 0. The molecule has 3 rings (SSSR count). The molecule has 0 aromatic heterocycles. The van der Waals surface area contributed by atoms with Crippen LogP contribution in [0.25, 0.3) is 0 Å². The van der Waals surface area contributed by atoms with Gasteiger partial charge in [0.1, 0.15) is 5.84 Å². The number of hydrogen-bond acceptors (Lipinski definition) is 3. The molecule has 0 unspecified atom stereocenters. The monoisotopic (exact) mass is 287 g/mol. The number of nitrogens with zero attached hydrogens (tertiary/aromatic N) is 1. The lowest BCUT2D eigenvalue weighted by atomic mass is 10.2. The molecule has 5 nitrogen and oxygen atoms in total. The molecule has 0 saturated heterocycles. The highest BCUT2D eigenvalue weighted by Gasteiger charge is 2.26. The maximum Gasteiger partial charge on any atom is 0.258 e.